The first-order valence-electron chi connectivity index (χ1n) is 5.39. The highest BCUT2D eigenvalue weighted by Gasteiger charge is 2.46. The van der Waals surface area contributed by atoms with Gasteiger partial charge in [0.1, 0.15) is 17.5 Å². The lowest BCUT2D eigenvalue weighted by molar-refractivity contribution is -0.160. The topological polar surface area (TPSA) is 60.4 Å². The molecule has 0 aromatic heterocycles. The number of hydrogen-bond donors (Lipinski definition) is 0. The highest BCUT2D eigenvalue weighted by Crippen LogP contribution is 2.37. The van der Waals surface area contributed by atoms with E-state index in [4.69, 9.17) is 4.74 Å². The van der Waals surface area contributed by atoms with E-state index in [0.29, 0.717) is 24.7 Å². The van der Waals surface area contributed by atoms with E-state index in [-0.39, 0.29) is 18.8 Å². The minimum absolute atomic E-state index is 0.171. The van der Waals surface area contributed by atoms with Crippen molar-refractivity contribution in [3.63, 3.8) is 0 Å². The number of carbonyl (C=O) groups excluding carboxylic acids is 3. The molecule has 0 saturated heterocycles. The van der Waals surface area contributed by atoms with Gasteiger partial charge in [0.25, 0.3) is 0 Å². The molecule has 0 radical (unpaired) electrons. The van der Waals surface area contributed by atoms with Crippen LogP contribution in [0.2, 0.25) is 0 Å². The summed E-state index contributed by atoms with van der Waals surface area (Å²) >= 11 is 0. The third-order valence-corrected chi connectivity index (χ3v) is 2.98. The minimum Gasteiger partial charge on any atom is -0.465 e. The largest absolute Gasteiger partial charge is 0.465 e. The van der Waals surface area contributed by atoms with Crippen molar-refractivity contribution in [2.24, 2.45) is 5.41 Å². The van der Waals surface area contributed by atoms with Gasteiger partial charge in [-0.05, 0) is 38.7 Å². The average Bonchev–Trinajstić information content (AvgIpc) is 2.29. The number of ketones is 1. The van der Waals surface area contributed by atoms with Gasteiger partial charge in [-0.25, -0.2) is 0 Å². The van der Waals surface area contributed by atoms with E-state index in [9.17, 15) is 14.4 Å². The number of allylic oxidation sites excluding steroid dienone is 2. The summed E-state index contributed by atoms with van der Waals surface area (Å²) in [4.78, 5) is 34.2. The quantitative estimate of drug-likeness (QED) is 0.412. The number of ether oxygens (including phenoxy) is 1. The molecule has 4 nitrogen and oxygen atoms in total. The molecule has 0 fully saturated rings. The number of hydrogen-bond acceptors (Lipinski definition) is 4. The zero-order chi connectivity index (χ0) is 12.2. The van der Waals surface area contributed by atoms with E-state index >= 15 is 0 Å². The molecule has 0 aromatic carbocycles. The molecule has 0 bridgehead atoms. The molecule has 0 aromatic rings. The highest BCUT2D eigenvalue weighted by atomic mass is 16.5. The number of Topliss-reactive ketones (excluding diaryl/α,β-unsaturated/α-hetero) is 1. The summed E-state index contributed by atoms with van der Waals surface area (Å²) in [5, 5.41) is 0. The standard InChI is InChI=1S/C12H16O4/c1-3-16-11(15)12(9(2)14)6-4-5-10(7-12)8-13/h5,8H,3-4,6-7H2,1-2H3. The number of aldehydes is 1. The fraction of sp³-hybridized carbons (Fsp3) is 0.583. The Bertz CT molecular complexity index is 343. The van der Waals surface area contributed by atoms with Crippen LogP contribution in [0.5, 0.6) is 0 Å². The van der Waals surface area contributed by atoms with Gasteiger partial charge in [0.2, 0.25) is 0 Å². The highest BCUT2D eigenvalue weighted by molar-refractivity contribution is 6.04. The van der Waals surface area contributed by atoms with Gasteiger partial charge in [0.05, 0.1) is 6.61 Å². The monoisotopic (exact) mass is 224 g/mol. The molecule has 0 N–H and O–H groups in total. The zero-order valence-electron chi connectivity index (χ0n) is 9.62. The summed E-state index contributed by atoms with van der Waals surface area (Å²) < 4.78 is 4.94. The first-order chi connectivity index (χ1) is 7.56. The van der Waals surface area contributed by atoms with Crippen LogP contribution >= 0.6 is 0 Å². The van der Waals surface area contributed by atoms with Gasteiger partial charge in [0, 0.05) is 0 Å². The van der Waals surface area contributed by atoms with Gasteiger partial charge in [-0.15, -0.1) is 0 Å². The van der Waals surface area contributed by atoms with Crippen molar-refractivity contribution in [1.29, 1.82) is 0 Å². The zero-order valence-corrected chi connectivity index (χ0v) is 9.62. The van der Waals surface area contributed by atoms with Crippen LogP contribution in [-0.4, -0.2) is 24.6 Å². The van der Waals surface area contributed by atoms with Crippen molar-refractivity contribution in [3.05, 3.63) is 11.6 Å². The molecule has 0 heterocycles. The molecule has 4 heteroatoms. The summed E-state index contributed by atoms with van der Waals surface area (Å²) in [5.74, 6) is -0.728. The van der Waals surface area contributed by atoms with E-state index in [0.717, 1.165) is 0 Å². The van der Waals surface area contributed by atoms with Crippen LogP contribution in [0.4, 0.5) is 0 Å². The number of rotatable bonds is 4. The second kappa shape index (κ2) is 5.05. The lowest BCUT2D eigenvalue weighted by atomic mass is 9.71. The molecule has 88 valence electrons. The van der Waals surface area contributed by atoms with Gasteiger partial charge < -0.3 is 4.74 Å². The third kappa shape index (κ3) is 2.21. The molecule has 0 amide bonds. The van der Waals surface area contributed by atoms with Crippen LogP contribution in [0, 0.1) is 5.41 Å². The van der Waals surface area contributed by atoms with Crippen molar-refractivity contribution in [2.45, 2.75) is 33.1 Å². The van der Waals surface area contributed by atoms with Crippen LogP contribution in [0.15, 0.2) is 11.6 Å². The summed E-state index contributed by atoms with van der Waals surface area (Å²) in [7, 11) is 0. The Morgan fingerprint density at radius 2 is 2.25 bits per heavy atom. The fourth-order valence-corrected chi connectivity index (χ4v) is 1.99. The van der Waals surface area contributed by atoms with Crippen molar-refractivity contribution >= 4 is 18.0 Å². The molecule has 16 heavy (non-hydrogen) atoms. The summed E-state index contributed by atoms with van der Waals surface area (Å²) in [6.45, 7) is 3.32. The predicted octanol–water partition coefficient (Wildman–Crippen LogP) is 1.43. The maximum Gasteiger partial charge on any atom is 0.319 e. The van der Waals surface area contributed by atoms with Crippen molar-refractivity contribution in [2.75, 3.05) is 6.61 Å². The molecule has 1 aliphatic rings. The van der Waals surface area contributed by atoms with E-state index < -0.39 is 11.4 Å². The summed E-state index contributed by atoms with van der Waals surface area (Å²) in [6, 6.07) is 0. The van der Waals surface area contributed by atoms with Gasteiger partial charge in [-0.3, -0.25) is 14.4 Å². The molecule has 0 saturated carbocycles. The van der Waals surface area contributed by atoms with Crippen molar-refractivity contribution < 1.29 is 19.1 Å². The lowest BCUT2D eigenvalue weighted by Gasteiger charge is -2.31. The predicted molar refractivity (Wildman–Crippen MR) is 57.7 cm³/mol. The second-order valence-electron chi connectivity index (χ2n) is 3.97. The molecule has 1 aliphatic carbocycles. The van der Waals surface area contributed by atoms with Crippen molar-refractivity contribution in [1.82, 2.24) is 0 Å². The number of carbonyl (C=O) groups is 3. The van der Waals surface area contributed by atoms with Crippen LogP contribution in [0.1, 0.15) is 33.1 Å². The third-order valence-electron chi connectivity index (χ3n) is 2.98. The van der Waals surface area contributed by atoms with Crippen molar-refractivity contribution in [3.8, 4) is 0 Å². The van der Waals surface area contributed by atoms with E-state index in [1.807, 2.05) is 0 Å². The smallest absolute Gasteiger partial charge is 0.319 e. The first-order valence-corrected chi connectivity index (χ1v) is 5.39. The van der Waals surface area contributed by atoms with E-state index in [1.165, 1.54) is 6.92 Å². The van der Waals surface area contributed by atoms with E-state index in [1.54, 1.807) is 13.0 Å². The molecular formula is C12H16O4. The molecule has 0 aliphatic heterocycles. The van der Waals surface area contributed by atoms with Crippen LogP contribution in [0.3, 0.4) is 0 Å². The Hall–Kier alpha value is -1.45. The van der Waals surface area contributed by atoms with Gasteiger partial charge in [-0.2, -0.15) is 0 Å². The molecule has 1 atom stereocenters. The average molecular weight is 224 g/mol. The molecule has 0 spiro atoms. The maximum absolute atomic E-state index is 11.8. The molecular weight excluding hydrogens is 208 g/mol. The van der Waals surface area contributed by atoms with E-state index in [2.05, 4.69) is 0 Å². The van der Waals surface area contributed by atoms with Gasteiger partial charge in [0.15, 0.2) is 0 Å². The van der Waals surface area contributed by atoms with Crippen LogP contribution in [0.25, 0.3) is 0 Å². The van der Waals surface area contributed by atoms with Crippen LogP contribution < -0.4 is 0 Å². The van der Waals surface area contributed by atoms with Gasteiger partial charge in [-0.1, -0.05) is 6.08 Å². The minimum atomic E-state index is -1.14. The fourth-order valence-electron chi connectivity index (χ4n) is 1.99. The summed E-state index contributed by atoms with van der Waals surface area (Å²) in [6.07, 6.45) is 3.64. The normalized spacial score (nSPS) is 24.5. The van der Waals surface area contributed by atoms with Gasteiger partial charge >= 0.3 is 5.97 Å². The lowest BCUT2D eigenvalue weighted by Crippen LogP contribution is -2.41. The Morgan fingerprint density at radius 3 is 2.75 bits per heavy atom. The SMILES string of the molecule is CCOC(=O)C1(C(C)=O)CCC=C(C=O)C1. The number of esters is 1. The Labute approximate surface area is 94.7 Å². The molecule has 1 rings (SSSR count). The van der Waals surface area contributed by atoms with Crippen LogP contribution in [-0.2, 0) is 19.1 Å². The Morgan fingerprint density at radius 1 is 1.56 bits per heavy atom. The first kappa shape index (κ1) is 12.6. The molecule has 1 unspecified atom stereocenters. The second-order valence-corrected chi connectivity index (χ2v) is 3.97. The Kier molecular flexibility index (Phi) is 3.99. The summed E-state index contributed by atoms with van der Waals surface area (Å²) in [5.41, 5.74) is -0.629. The Balaban J connectivity index is 2.99. The maximum atomic E-state index is 11.8.